The van der Waals surface area contributed by atoms with E-state index in [1.807, 2.05) is 27.0 Å². The van der Waals surface area contributed by atoms with Crippen LogP contribution in [0.3, 0.4) is 0 Å². The predicted octanol–water partition coefficient (Wildman–Crippen LogP) is 2.90. The lowest BCUT2D eigenvalue weighted by Gasteiger charge is -2.12. The lowest BCUT2D eigenvalue weighted by Crippen LogP contribution is -2.08. The van der Waals surface area contributed by atoms with E-state index in [9.17, 15) is 0 Å². The number of hydrogen-bond donors (Lipinski definition) is 1. The third kappa shape index (κ3) is 3.15. The fourth-order valence-corrected chi connectivity index (χ4v) is 2.04. The summed E-state index contributed by atoms with van der Waals surface area (Å²) in [7, 11) is 1.93. The molecule has 0 unspecified atom stereocenters. The van der Waals surface area contributed by atoms with E-state index in [0.29, 0.717) is 6.61 Å². The number of hydrogen-bond acceptors (Lipinski definition) is 4. The van der Waals surface area contributed by atoms with Gasteiger partial charge in [0.05, 0.1) is 11.3 Å². The quantitative estimate of drug-likeness (QED) is 0.898. The molecule has 1 aromatic carbocycles. The molecule has 0 radical (unpaired) electrons. The zero-order valence-electron chi connectivity index (χ0n) is 11.9. The normalized spacial score (nSPS) is 10.7. The lowest BCUT2D eigenvalue weighted by atomic mass is 10.1. The third-order valence-corrected chi connectivity index (χ3v) is 3.14. The Morgan fingerprint density at radius 3 is 2.68 bits per heavy atom. The van der Waals surface area contributed by atoms with E-state index < -0.39 is 0 Å². The van der Waals surface area contributed by atoms with Crippen LogP contribution in [-0.2, 0) is 13.2 Å². The minimum atomic E-state index is 0.487. The summed E-state index contributed by atoms with van der Waals surface area (Å²) >= 11 is 0. The Bertz CT molecular complexity index is 542. The number of rotatable bonds is 5. The standard InChI is InChI=1S/C15H20N2O2/c1-10-5-6-15(13(7-10)8-16-4)18-9-14-11(2)17-19-12(14)3/h5-7,16H,8-9H2,1-4H3. The molecule has 2 aromatic rings. The van der Waals surface area contributed by atoms with Crippen LogP contribution in [-0.4, -0.2) is 12.2 Å². The van der Waals surface area contributed by atoms with Gasteiger partial charge in [-0.05, 0) is 33.9 Å². The first-order valence-corrected chi connectivity index (χ1v) is 6.40. The first-order chi connectivity index (χ1) is 9.11. The van der Waals surface area contributed by atoms with Crippen molar-refractivity contribution >= 4 is 0 Å². The minimum absolute atomic E-state index is 0.487. The molecule has 4 heteroatoms. The van der Waals surface area contributed by atoms with Crippen LogP contribution in [0, 0.1) is 20.8 Å². The molecule has 0 amide bonds. The Morgan fingerprint density at radius 1 is 1.26 bits per heavy atom. The van der Waals surface area contributed by atoms with Crippen LogP contribution in [0.15, 0.2) is 22.7 Å². The third-order valence-electron chi connectivity index (χ3n) is 3.14. The van der Waals surface area contributed by atoms with Gasteiger partial charge in [-0.3, -0.25) is 0 Å². The fourth-order valence-electron chi connectivity index (χ4n) is 2.04. The number of aromatic nitrogens is 1. The van der Waals surface area contributed by atoms with Crippen molar-refractivity contribution in [1.29, 1.82) is 0 Å². The van der Waals surface area contributed by atoms with Crippen LogP contribution in [0.2, 0.25) is 0 Å². The predicted molar refractivity (Wildman–Crippen MR) is 74.3 cm³/mol. The van der Waals surface area contributed by atoms with Crippen molar-refractivity contribution in [2.45, 2.75) is 33.9 Å². The van der Waals surface area contributed by atoms with Crippen LogP contribution in [0.1, 0.15) is 28.1 Å². The molecule has 0 bridgehead atoms. The highest BCUT2D eigenvalue weighted by Gasteiger charge is 2.11. The summed E-state index contributed by atoms with van der Waals surface area (Å²) < 4.78 is 11.0. The van der Waals surface area contributed by atoms with Gasteiger partial charge in [0.15, 0.2) is 0 Å². The molecule has 102 valence electrons. The average molecular weight is 260 g/mol. The van der Waals surface area contributed by atoms with E-state index in [1.165, 1.54) is 5.56 Å². The first-order valence-electron chi connectivity index (χ1n) is 6.40. The summed E-state index contributed by atoms with van der Waals surface area (Å²) in [6, 6.07) is 6.21. The smallest absolute Gasteiger partial charge is 0.140 e. The van der Waals surface area contributed by atoms with Crippen molar-refractivity contribution in [1.82, 2.24) is 10.5 Å². The summed E-state index contributed by atoms with van der Waals surface area (Å²) in [5.41, 5.74) is 4.31. The lowest BCUT2D eigenvalue weighted by molar-refractivity contribution is 0.298. The van der Waals surface area contributed by atoms with Gasteiger partial charge in [0.2, 0.25) is 0 Å². The van der Waals surface area contributed by atoms with E-state index in [4.69, 9.17) is 9.26 Å². The van der Waals surface area contributed by atoms with Gasteiger partial charge in [-0.1, -0.05) is 22.9 Å². The van der Waals surface area contributed by atoms with Gasteiger partial charge in [0, 0.05) is 12.1 Å². The van der Waals surface area contributed by atoms with Crippen LogP contribution in [0.4, 0.5) is 0 Å². The Balaban J connectivity index is 2.15. The SMILES string of the molecule is CNCc1cc(C)ccc1OCc1c(C)noc1C. The van der Waals surface area contributed by atoms with Crippen molar-refractivity contribution < 1.29 is 9.26 Å². The number of aryl methyl sites for hydroxylation is 3. The van der Waals surface area contributed by atoms with Gasteiger partial charge < -0.3 is 14.6 Å². The van der Waals surface area contributed by atoms with Gasteiger partial charge >= 0.3 is 0 Å². The van der Waals surface area contributed by atoms with Crippen molar-refractivity contribution in [2.24, 2.45) is 0 Å². The molecule has 19 heavy (non-hydrogen) atoms. The van der Waals surface area contributed by atoms with E-state index >= 15 is 0 Å². The Labute approximate surface area is 113 Å². The summed E-state index contributed by atoms with van der Waals surface area (Å²) in [6.07, 6.45) is 0. The van der Waals surface area contributed by atoms with E-state index in [2.05, 4.69) is 29.5 Å². The van der Waals surface area contributed by atoms with Gasteiger partial charge in [-0.25, -0.2) is 0 Å². The number of benzene rings is 1. The minimum Gasteiger partial charge on any atom is -0.488 e. The van der Waals surface area contributed by atoms with E-state index in [0.717, 1.165) is 34.9 Å². The zero-order chi connectivity index (χ0) is 13.8. The average Bonchev–Trinajstić information content (AvgIpc) is 2.69. The van der Waals surface area contributed by atoms with Gasteiger partial charge in [-0.15, -0.1) is 0 Å². The van der Waals surface area contributed by atoms with Gasteiger partial charge in [0.1, 0.15) is 18.1 Å². The molecular formula is C15H20N2O2. The van der Waals surface area contributed by atoms with Crippen molar-refractivity contribution in [3.63, 3.8) is 0 Å². The first kappa shape index (κ1) is 13.6. The molecule has 4 nitrogen and oxygen atoms in total. The molecule has 0 aliphatic rings. The van der Waals surface area contributed by atoms with Crippen LogP contribution >= 0.6 is 0 Å². The summed E-state index contributed by atoms with van der Waals surface area (Å²) in [5, 5.41) is 7.09. The molecule has 0 saturated heterocycles. The Kier molecular flexibility index (Phi) is 4.22. The van der Waals surface area contributed by atoms with E-state index in [1.54, 1.807) is 0 Å². The molecule has 0 aliphatic carbocycles. The largest absolute Gasteiger partial charge is 0.488 e. The number of ether oxygens (including phenoxy) is 1. The van der Waals surface area contributed by atoms with Crippen LogP contribution < -0.4 is 10.1 Å². The second kappa shape index (κ2) is 5.89. The fraction of sp³-hybridized carbons (Fsp3) is 0.400. The highest BCUT2D eigenvalue weighted by molar-refractivity contribution is 5.37. The highest BCUT2D eigenvalue weighted by Crippen LogP contribution is 2.22. The van der Waals surface area contributed by atoms with Crippen LogP contribution in [0.5, 0.6) is 5.75 Å². The van der Waals surface area contributed by atoms with Crippen LogP contribution in [0.25, 0.3) is 0 Å². The van der Waals surface area contributed by atoms with Crippen molar-refractivity contribution in [3.8, 4) is 5.75 Å². The number of nitrogens with zero attached hydrogens (tertiary/aromatic N) is 1. The summed E-state index contributed by atoms with van der Waals surface area (Å²) in [5.74, 6) is 1.72. The molecule has 0 atom stereocenters. The van der Waals surface area contributed by atoms with Crippen molar-refractivity contribution in [3.05, 3.63) is 46.3 Å². The molecule has 2 rings (SSSR count). The zero-order valence-corrected chi connectivity index (χ0v) is 11.9. The summed E-state index contributed by atoms with van der Waals surface area (Å²) in [6.45, 7) is 7.19. The maximum Gasteiger partial charge on any atom is 0.140 e. The molecule has 0 saturated carbocycles. The van der Waals surface area contributed by atoms with E-state index in [-0.39, 0.29) is 0 Å². The molecule has 0 fully saturated rings. The van der Waals surface area contributed by atoms with Gasteiger partial charge in [0.25, 0.3) is 0 Å². The monoisotopic (exact) mass is 260 g/mol. The Morgan fingerprint density at radius 2 is 2.05 bits per heavy atom. The maximum atomic E-state index is 5.91. The highest BCUT2D eigenvalue weighted by atomic mass is 16.5. The molecule has 0 aliphatic heterocycles. The maximum absolute atomic E-state index is 5.91. The second-order valence-electron chi connectivity index (χ2n) is 4.73. The molecular weight excluding hydrogens is 240 g/mol. The molecule has 1 N–H and O–H groups in total. The van der Waals surface area contributed by atoms with Gasteiger partial charge in [-0.2, -0.15) is 0 Å². The second-order valence-corrected chi connectivity index (χ2v) is 4.73. The van der Waals surface area contributed by atoms with Crippen molar-refractivity contribution in [2.75, 3.05) is 7.05 Å². The molecule has 1 heterocycles. The Hall–Kier alpha value is -1.81. The molecule has 0 spiro atoms. The number of nitrogens with one attached hydrogen (secondary N) is 1. The summed E-state index contributed by atoms with van der Waals surface area (Å²) in [4.78, 5) is 0. The molecule has 1 aromatic heterocycles. The topological polar surface area (TPSA) is 47.3 Å².